The molecule has 3 aromatic carbocycles. The van der Waals surface area contributed by atoms with E-state index in [0.717, 1.165) is 57.7 Å². The first-order valence-electron chi connectivity index (χ1n) is 10.8. The lowest BCUT2D eigenvalue weighted by atomic mass is 9.85. The summed E-state index contributed by atoms with van der Waals surface area (Å²) in [5.41, 5.74) is 11.7. The van der Waals surface area contributed by atoms with Crippen LogP contribution in [0.1, 0.15) is 45.5 Å². The van der Waals surface area contributed by atoms with E-state index in [9.17, 15) is 9.59 Å². The highest BCUT2D eigenvalue weighted by atomic mass is 16.7. The van der Waals surface area contributed by atoms with Crippen molar-refractivity contribution in [1.29, 1.82) is 0 Å². The van der Waals surface area contributed by atoms with E-state index >= 15 is 0 Å². The number of hydrogen-bond donors (Lipinski definition) is 1. The molecular weight excluding hydrogens is 402 g/mol. The molecule has 32 heavy (non-hydrogen) atoms. The number of nitrogens with two attached hydrogens (primary N) is 1. The fourth-order valence-corrected chi connectivity index (χ4v) is 4.60. The third-order valence-electron chi connectivity index (χ3n) is 6.72. The number of fused-ring (bicyclic) bond motifs is 1. The Bertz CT molecular complexity index is 1240. The molecule has 5 nitrogen and oxygen atoms in total. The van der Waals surface area contributed by atoms with Crippen LogP contribution in [0.4, 0.5) is 0 Å². The number of carbonyl (C=O) groups is 2. The summed E-state index contributed by atoms with van der Waals surface area (Å²) < 4.78 is 10.9. The van der Waals surface area contributed by atoms with E-state index in [1.54, 1.807) is 12.1 Å². The number of amides is 1. The molecule has 0 aromatic heterocycles. The SMILES string of the molecule is Cc1cc(C)c(-c2ccc(C(N)=O)cc2)cc1CC(=O)C1(c2ccc3c(c2)OCO3)CC1. The molecule has 5 rings (SSSR count). The molecule has 2 N–H and O–H groups in total. The lowest BCUT2D eigenvalue weighted by Crippen LogP contribution is -2.23. The largest absolute Gasteiger partial charge is 0.454 e. The van der Waals surface area contributed by atoms with Crippen LogP contribution in [0.15, 0.2) is 54.6 Å². The van der Waals surface area contributed by atoms with Gasteiger partial charge in [-0.05, 0) is 84.3 Å². The van der Waals surface area contributed by atoms with E-state index < -0.39 is 11.3 Å². The molecule has 1 amide bonds. The molecule has 0 saturated heterocycles. The van der Waals surface area contributed by atoms with Gasteiger partial charge in [-0.25, -0.2) is 0 Å². The highest BCUT2D eigenvalue weighted by Gasteiger charge is 2.50. The van der Waals surface area contributed by atoms with Gasteiger partial charge >= 0.3 is 0 Å². The minimum Gasteiger partial charge on any atom is -0.454 e. The molecule has 162 valence electrons. The summed E-state index contributed by atoms with van der Waals surface area (Å²) in [6.07, 6.45) is 2.10. The minimum atomic E-state index is -0.443. The number of primary amides is 1. The number of aryl methyl sites for hydroxylation is 2. The lowest BCUT2D eigenvalue weighted by molar-refractivity contribution is -0.120. The predicted octanol–water partition coefficient (Wildman–Crippen LogP) is 4.64. The maximum atomic E-state index is 13.5. The van der Waals surface area contributed by atoms with Gasteiger partial charge in [0.25, 0.3) is 0 Å². The smallest absolute Gasteiger partial charge is 0.248 e. The van der Waals surface area contributed by atoms with Gasteiger partial charge in [-0.2, -0.15) is 0 Å². The number of rotatable bonds is 6. The van der Waals surface area contributed by atoms with Gasteiger partial charge in [-0.15, -0.1) is 0 Å². The van der Waals surface area contributed by atoms with Crippen LogP contribution in [-0.2, 0) is 16.6 Å². The average molecular weight is 428 g/mol. The van der Waals surface area contributed by atoms with E-state index in [0.29, 0.717) is 12.0 Å². The minimum absolute atomic E-state index is 0.228. The Morgan fingerprint density at radius 1 is 0.906 bits per heavy atom. The maximum absolute atomic E-state index is 13.5. The van der Waals surface area contributed by atoms with Gasteiger partial charge in [-0.1, -0.05) is 30.3 Å². The zero-order chi connectivity index (χ0) is 22.5. The fourth-order valence-electron chi connectivity index (χ4n) is 4.60. The Hall–Kier alpha value is -3.60. The number of Topliss-reactive ketones (excluding diaryl/α,β-unsaturated/α-hetero) is 1. The predicted molar refractivity (Wildman–Crippen MR) is 122 cm³/mol. The normalized spacial score (nSPS) is 15.4. The van der Waals surface area contributed by atoms with E-state index in [1.807, 2.05) is 30.3 Å². The number of hydrogen-bond acceptors (Lipinski definition) is 4. The van der Waals surface area contributed by atoms with Crippen molar-refractivity contribution in [2.45, 2.75) is 38.5 Å². The van der Waals surface area contributed by atoms with Crippen LogP contribution in [0.25, 0.3) is 11.1 Å². The maximum Gasteiger partial charge on any atom is 0.248 e. The van der Waals surface area contributed by atoms with E-state index in [4.69, 9.17) is 15.2 Å². The van der Waals surface area contributed by atoms with Gasteiger partial charge in [0.2, 0.25) is 12.7 Å². The molecule has 1 saturated carbocycles. The second kappa shape index (κ2) is 7.52. The molecule has 0 bridgehead atoms. The zero-order valence-electron chi connectivity index (χ0n) is 18.2. The Morgan fingerprint density at radius 3 is 2.31 bits per heavy atom. The molecule has 0 spiro atoms. The van der Waals surface area contributed by atoms with Crippen molar-refractivity contribution < 1.29 is 19.1 Å². The first kappa shape index (κ1) is 20.3. The van der Waals surface area contributed by atoms with Gasteiger partial charge in [-0.3, -0.25) is 9.59 Å². The molecule has 0 unspecified atom stereocenters. The van der Waals surface area contributed by atoms with Gasteiger partial charge in [0.05, 0.1) is 5.41 Å². The van der Waals surface area contributed by atoms with Gasteiger partial charge < -0.3 is 15.2 Å². The van der Waals surface area contributed by atoms with Crippen molar-refractivity contribution in [2.24, 2.45) is 5.73 Å². The van der Waals surface area contributed by atoms with E-state index in [1.165, 1.54) is 0 Å². The monoisotopic (exact) mass is 427 g/mol. The van der Waals surface area contributed by atoms with Crippen LogP contribution in [0.3, 0.4) is 0 Å². The average Bonchev–Trinajstić information content (AvgIpc) is 3.46. The summed E-state index contributed by atoms with van der Waals surface area (Å²) in [5.74, 6) is 1.24. The zero-order valence-corrected chi connectivity index (χ0v) is 18.2. The Balaban J connectivity index is 1.43. The van der Waals surface area contributed by atoms with Crippen molar-refractivity contribution in [3.05, 3.63) is 82.4 Å². The number of ether oxygens (including phenoxy) is 2. The molecule has 2 aliphatic rings. The molecule has 1 fully saturated rings. The van der Waals surface area contributed by atoms with Gasteiger partial charge in [0.1, 0.15) is 5.78 Å². The summed E-state index contributed by atoms with van der Waals surface area (Å²) in [4.78, 5) is 24.9. The summed E-state index contributed by atoms with van der Waals surface area (Å²) in [7, 11) is 0. The van der Waals surface area contributed by atoms with Crippen LogP contribution >= 0.6 is 0 Å². The Kier molecular flexibility index (Phi) is 4.77. The summed E-state index contributed by atoms with van der Waals surface area (Å²) in [6, 6.07) is 17.4. The third kappa shape index (κ3) is 3.44. The van der Waals surface area contributed by atoms with Crippen molar-refractivity contribution in [3.63, 3.8) is 0 Å². The Morgan fingerprint density at radius 2 is 1.62 bits per heavy atom. The number of benzene rings is 3. The molecule has 0 atom stereocenters. The van der Waals surface area contributed by atoms with Crippen LogP contribution in [0.5, 0.6) is 11.5 Å². The van der Waals surface area contributed by atoms with Crippen LogP contribution in [0, 0.1) is 13.8 Å². The number of carbonyl (C=O) groups excluding carboxylic acids is 2. The van der Waals surface area contributed by atoms with Crippen molar-refractivity contribution >= 4 is 11.7 Å². The highest BCUT2D eigenvalue weighted by Crippen LogP contribution is 2.51. The quantitative estimate of drug-likeness (QED) is 0.622. The molecule has 1 aliphatic carbocycles. The fraction of sp³-hybridized carbons (Fsp3) is 0.259. The molecule has 1 heterocycles. The van der Waals surface area contributed by atoms with E-state index in [-0.39, 0.29) is 12.6 Å². The topological polar surface area (TPSA) is 78.6 Å². The van der Waals surface area contributed by atoms with Gasteiger partial charge in [0.15, 0.2) is 11.5 Å². The van der Waals surface area contributed by atoms with Crippen LogP contribution in [-0.4, -0.2) is 18.5 Å². The summed E-state index contributed by atoms with van der Waals surface area (Å²) in [6.45, 7) is 4.34. The highest BCUT2D eigenvalue weighted by molar-refractivity contribution is 5.95. The van der Waals surface area contributed by atoms with Crippen LogP contribution < -0.4 is 15.2 Å². The molecule has 5 heteroatoms. The van der Waals surface area contributed by atoms with Crippen molar-refractivity contribution in [3.8, 4) is 22.6 Å². The molecular formula is C27H25NO4. The first-order chi connectivity index (χ1) is 15.4. The van der Waals surface area contributed by atoms with E-state index in [2.05, 4.69) is 26.0 Å². The first-order valence-corrected chi connectivity index (χ1v) is 10.8. The molecule has 1 aliphatic heterocycles. The van der Waals surface area contributed by atoms with Crippen molar-refractivity contribution in [2.75, 3.05) is 6.79 Å². The molecule has 0 radical (unpaired) electrons. The Labute approximate surface area is 187 Å². The van der Waals surface area contributed by atoms with Crippen molar-refractivity contribution in [1.82, 2.24) is 0 Å². The number of ketones is 1. The second-order valence-corrected chi connectivity index (χ2v) is 8.79. The second-order valence-electron chi connectivity index (χ2n) is 8.79. The molecule has 3 aromatic rings. The lowest BCUT2D eigenvalue weighted by Gasteiger charge is -2.18. The van der Waals surface area contributed by atoms with Crippen LogP contribution in [0.2, 0.25) is 0 Å². The van der Waals surface area contributed by atoms with Gasteiger partial charge in [0, 0.05) is 12.0 Å². The summed E-state index contributed by atoms with van der Waals surface area (Å²) in [5, 5.41) is 0. The summed E-state index contributed by atoms with van der Waals surface area (Å²) >= 11 is 0. The third-order valence-corrected chi connectivity index (χ3v) is 6.72. The standard InChI is InChI=1S/C27H25NO4/c1-16-11-17(2)22(18-3-5-19(6-4-18)26(28)30)12-20(16)13-25(29)27(9-10-27)21-7-8-23-24(14-21)32-15-31-23/h3-8,11-12,14H,9-10,13,15H2,1-2H3,(H2,28,30).